The van der Waals surface area contributed by atoms with Gasteiger partial charge in [0.15, 0.2) is 0 Å². The fourth-order valence-corrected chi connectivity index (χ4v) is 2.68. The van der Waals surface area contributed by atoms with Crippen molar-refractivity contribution in [3.05, 3.63) is 64.2 Å². The zero-order chi connectivity index (χ0) is 19.4. The first kappa shape index (κ1) is 18.6. The van der Waals surface area contributed by atoms with Crippen LogP contribution < -0.4 is 16.2 Å². The van der Waals surface area contributed by atoms with Gasteiger partial charge in [-0.1, -0.05) is 30.7 Å². The van der Waals surface area contributed by atoms with Gasteiger partial charge in [0.25, 0.3) is 5.56 Å². The van der Waals surface area contributed by atoms with Gasteiger partial charge in [-0.25, -0.2) is 4.98 Å². The number of para-hydroxylation sites is 1. The number of amides is 2. The Morgan fingerprint density at radius 1 is 1.11 bits per heavy atom. The molecule has 1 aromatic heterocycles. The zero-order valence-corrected chi connectivity index (χ0v) is 15.3. The number of rotatable bonds is 5. The van der Waals surface area contributed by atoms with E-state index in [0.717, 1.165) is 0 Å². The van der Waals surface area contributed by atoms with Gasteiger partial charge in [-0.2, -0.15) is 0 Å². The average molecular weight is 385 g/mol. The summed E-state index contributed by atoms with van der Waals surface area (Å²) >= 11 is 6.11. The highest BCUT2D eigenvalue weighted by molar-refractivity contribution is 6.33. The van der Waals surface area contributed by atoms with Crippen LogP contribution in [-0.2, 0) is 16.1 Å². The Kier molecular flexibility index (Phi) is 5.52. The second-order valence-corrected chi connectivity index (χ2v) is 6.25. The van der Waals surface area contributed by atoms with Crippen molar-refractivity contribution in [1.29, 1.82) is 0 Å². The number of hydrogen-bond donors (Lipinski definition) is 2. The molecule has 27 heavy (non-hydrogen) atoms. The van der Waals surface area contributed by atoms with Crippen molar-refractivity contribution in [3.63, 3.8) is 0 Å². The van der Waals surface area contributed by atoms with E-state index in [9.17, 15) is 14.4 Å². The number of carbonyl (C=O) groups is 2. The molecule has 0 aliphatic heterocycles. The Labute approximate surface area is 160 Å². The molecule has 2 amide bonds. The fraction of sp³-hybridized carbons (Fsp3) is 0.158. The van der Waals surface area contributed by atoms with Crippen molar-refractivity contribution in [2.24, 2.45) is 0 Å². The molecular weight excluding hydrogens is 368 g/mol. The average Bonchev–Trinajstić information content (AvgIpc) is 2.67. The zero-order valence-electron chi connectivity index (χ0n) is 14.5. The topological polar surface area (TPSA) is 93.1 Å². The van der Waals surface area contributed by atoms with Gasteiger partial charge in [0.2, 0.25) is 11.8 Å². The van der Waals surface area contributed by atoms with Crippen molar-refractivity contribution in [3.8, 4) is 0 Å². The highest BCUT2D eigenvalue weighted by atomic mass is 35.5. The van der Waals surface area contributed by atoms with Crippen LogP contribution in [0, 0.1) is 0 Å². The van der Waals surface area contributed by atoms with Gasteiger partial charge >= 0.3 is 0 Å². The maximum absolute atomic E-state index is 12.5. The summed E-state index contributed by atoms with van der Waals surface area (Å²) in [4.78, 5) is 40.5. The molecule has 0 bridgehead atoms. The number of fused-ring (bicyclic) bond motifs is 1. The van der Waals surface area contributed by atoms with Crippen molar-refractivity contribution >= 4 is 45.7 Å². The van der Waals surface area contributed by atoms with Crippen LogP contribution in [0.15, 0.2) is 53.6 Å². The molecule has 8 heteroatoms. The molecule has 2 N–H and O–H groups in total. The lowest BCUT2D eigenvalue weighted by Gasteiger charge is -2.11. The van der Waals surface area contributed by atoms with Gasteiger partial charge in [0, 0.05) is 12.1 Å². The van der Waals surface area contributed by atoms with E-state index in [2.05, 4.69) is 15.6 Å². The van der Waals surface area contributed by atoms with Gasteiger partial charge < -0.3 is 10.6 Å². The van der Waals surface area contributed by atoms with E-state index in [1.165, 1.54) is 10.9 Å². The minimum absolute atomic E-state index is 0.150. The number of hydrogen-bond acceptors (Lipinski definition) is 4. The molecule has 0 unspecified atom stereocenters. The third-order valence-corrected chi connectivity index (χ3v) is 4.22. The molecule has 3 aromatic rings. The number of carbonyl (C=O) groups excluding carboxylic acids is 2. The smallest absolute Gasteiger partial charge is 0.261 e. The van der Waals surface area contributed by atoms with Crippen LogP contribution in [0.4, 0.5) is 11.4 Å². The summed E-state index contributed by atoms with van der Waals surface area (Å²) < 4.78 is 1.23. The first-order valence-corrected chi connectivity index (χ1v) is 8.69. The normalized spacial score (nSPS) is 10.6. The highest BCUT2D eigenvalue weighted by Crippen LogP contribution is 2.25. The number of aromatic nitrogens is 2. The van der Waals surface area contributed by atoms with Crippen LogP contribution in [0.5, 0.6) is 0 Å². The summed E-state index contributed by atoms with van der Waals surface area (Å²) in [5.41, 5.74) is 1.14. The standard InChI is InChI=1S/C19H17ClN4O3/c1-2-17(25)22-12-7-8-14(20)16(9-12)23-18(26)10-24-11-21-15-6-4-3-5-13(15)19(24)27/h3-9,11H,2,10H2,1H3,(H,22,25)(H,23,26). The number of nitrogens with one attached hydrogen (secondary N) is 2. The maximum atomic E-state index is 12.5. The first-order chi connectivity index (χ1) is 13.0. The summed E-state index contributed by atoms with van der Waals surface area (Å²) in [7, 11) is 0. The Morgan fingerprint density at radius 3 is 2.67 bits per heavy atom. The maximum Gasteiger partial charge on any atom is 0.261 e. The molecule has 0 saturated heterocycles. The molecule has 0 aliphatic carbocycles. The largest absolute Gasteiger partial charge is 0.326 e. The summed E-state index contributed by atoms with van der Waals surface area (Å²) in [6.07, 6.45) is 1.67. The molecule has 3 rings (SSSR count). The van der Waals surface area contributed by atoms with Gasteiger partial charge in [-0.3, -0.25) is 19.0 Å². The van der Waals surface area contributed by atoms with E-state index in [1.807, 2.05) is 0 Å². The van der Waals surface area contributed by atoms with Gasteiger partial charge in [0.1, 0.15) is 6.54 Å². The van der Waals surface area contributed by atoms with Crippen LogP contribution in [0.25, 0.3) is 10.9 Å². The Morgan fingerprint density at radius 2 is 1.89 bits per heavy atom. The molecule has 0 atom stereocenters. The predicted octanol–water partition coefficient (Wildman–Crippen LogP) is 3.04. The molecule has 2 aromatic carbocycles. The summed E-state index contributed by atoms with van der Waals surface area (Å²) in [6.45, 7) is 1.53. The molecule has 7 nitrogen and oxygen atoms in total. The van der Waals surface area contributed by atoms with Crippen molar-refractivity contribution < 1.29 is 9.59 Å². The van der Waals surface area contributed by atoms with Crippen LogP contribution in [0.2, 0.25) is 5.02 Å². The van der Waals surface area contributed by atoms with E-state index in [0.29, 0.717) is 33.7 Å². The van der Waals surface area contributed by atoms with Crippen LogP contribution in [-0.4, -0.2) is 21.4 Å². The van der Waals surface area contributed by atoms with Gasteiger partial charge in [0.05, 0.1) is 27.9 Å². The van der Waals surface area contributed by atoms with Crippen molar-refractivity contribution in [2.75, 3.05) is 10.6 Å². The van der Waals surface area contributed by atoms with E-state index in [4.69, 9.17) is 11.6 Å². The lowest BCUT2D eigenvalue weighted by atomic mass is 10.2. The minimum Gasteiger partial charge on any atom is -0.326 e. The third kappa shape index (κ3) is 4.32. The quantitative estimate of drug-likeness (QED) is 0.707. The van der Waals surface area contributed by atoms with E-state index in [-0.39, 0.29) is 18.0 Å². The second kappa shape index (κ2) is 8.01. The third-order valence-electron chi connectivity index (χ3n) is 3.89. The van der Waals surface area contributed by atoms with Gasteiger partial charge in [-0.05, 0) is 30.3 Å². The number of nitrogens with zero attached hydrogens (tertiary/aromatic N) is 2. The predicted molar refractivity (Wildman–Crippen MR) is 105 cm³/mol. The molecule has 0 saturated carbocycles. The number of benzene rings is 2. The first-order valence-electron chi connectivity index (χ1n) is 8.31. The molecule has 0 aliphatic rings. The number of anilines is 2. The van der Waals surface area contributed by atoms with E-state index < -0.39 is 5.91 Å². The summed E-state index contributed by atoms with van der Waals surface area (Å²) in [5, 5.41) is 6.11. The molecule has 0 radical (unpaired) electrons. The lowest BCUT2D eigenvalue weighted by molar-refractivity contribution is -0.117. The Balaban J connectivity index is 1.78. The van der Waals surface area contributed by atoms with Gasteiger partial charge in [-0.15, -0.1) is 0 Å². The lowest BCUT2D eigenvalue weighted by Crippen LogP contribution is -2.28. The second-order valence-electron chi connectivity index (χ2n) is 5.84. The summed E-state index contributed by atoms with van der Waals surface area (Å²) in [5.74, 6) is -0.585. The molecule has 0 fully saturated rings. The molecule has 1 heterocycles. The SMILES string of the molecule is CCC(=O)Nc1ccc(Cl)c(NC(=O)Cn2cnc3ccccc3c2=O)c1. The van der Waals surface area contributed by atoms with E-state index in [1.54, 1.807) is 49.4 Å². The fourth-order valence-electron chi connectivity index (χ4n) is 2.51. The monoisotopic (exact) mass is 384 g/mol. The van der Waals surface area contributed by atoms with E-state index >= 15 is 0 Å². The molecule has 138 valence electrons. The Bertz CT molecular complexity index is 1080. The van der Waals surface area contributed by atoms with Crippen LogP contribution in [0.3, 0.4) is 0 Å². The number of halogens is 1. The highest BCUT2D eigenvalue weighted by Gasteiger charge is 2.11. The van der Waals surface area contributed by atoms with Crippen LogP contribution in [0.1, 0.15) is 13.3 Å². The van der Waals surface area contributed by atoms with Crippen molar-refractivity contribution in [1.82, 2.24) is 9.55 Å². The Hall–Kier alpha value is -3.19. The summed E-state index contributed by atoms with van der Waals surface area (Å²) in [6, 6.07) is 11.7. The van der Waals surface area contributed by atoms with Crippen molar-refractivity contribution in [2.45, 2.75) is 19.9 Å². The minimum atomic E-state index is -0.435. The van der Waals surface area contributed by atoms with Crippen LogP contribution >= 0.6 is 11.6 Å². The molecular formula is C19H17ClN4O3. The molecule has 0 spiro atoms.